The number of ketones is 1. The van der Waals surface area contributed by atoms with Crippen molar-refractivity contribution in [3.8, 4) is 5.75 Å². The van der Waals surface area contributed by atoms with Gasteiger partial charge in [-0.2, -0.15) is 0 Å². The average molecular weight is 310 g/mol. The molecular weight excluding hydrogens is 288 g/mol. The number of benzene rings is 2. The highest BCUT2D eigenvalue weighted by Gasteiger charge is 2.20. The van der Waals surface area contributed by atoms with Gasteiger partial charge in [0, 0.05) is 17.2 Å². The third-order valence-electron chi connectivity index (χ3n) is 3.65. The highest BCUT2D eigenvalue weighted by Crippen LogP contribution is 2.27. The summed E-state index contributed by atoms with van der Waals surface area (Å²) in [5.74, 6) is 0.441. The zero-order chi connectivity index (χ0) is 17.0. The van der Waals surface area contributed by atoms with Crippen LogP contribution in [0.2, 0.25) is 0 Å². The van der Waals surface area contributed by atoms with E-state index in [1.165, 1.54) is 6.08 Å². The van der Waals surface area contributed by atoms with Gasteiger partial charge in [-0.25, -0.2) is 0 Å². The molecule has 0 atom stereocenters. The summed E-state index contributed by atoms with van der Waals surface area (Å²) in [6.07, 6.45) is 1.27. The van der Waals surface area contributed by atoms with Gasteiger partial charge in [-0.3, -0.25) is 4.79 Å². The van der Waals surface area contributed by atoms with Gasteiger partial charge in [0.25, 0.3) is 0 Å². The minimum absolute atomic E-state index is 0.0543. The first-order valence-electron chi connectivity index (χ1n) is 7.52. The van der Waals surface area contributed by atoms with Gasteiger partial charge in [-0.1, -0.05) is 45.0 Å². The molecule has 0 spiro atoms. The lowest BCUT2D eigenvalue weighted by Crippen LogP contribution is -2.16. The van der Waals surface area contributed by atoms with Gasteiger partial charge >= 0.3 is 0 Å². The summed E-state index contributed by atoms with van der Waals surface area (Å²) in [4.78, 5) is 12.6. The van der Waals surface area contributed by atoms with E-state index in [2.05, 4.69) is 20.8 Å². The van der Waals surface area contributed by atoms with Crippen LogP contribution in [0.3, 0.4) is 0 Å². The van der Waals surface area contributed by atoms with E-state index < -0.39 is 0 Å². The van der Waals surface area contributed by atoms with Crippen LogP contribution < -0.4 is 4.74 Å². The van der Waals surface area contributed by atoms with Crippen molar-refractivity contribution in [2.45, 2.75) is 26.2 Å². The lowest BCUT2D eigenvalue weighted by Gasteiger charge is -2.21. The van der Waals surface area contributed by atoms with E-state index in [4.69, 9.17) is 4.74 Å². The van der Waals surface area contributed by atoms with Gasteiger partial charge in [0.15, 0.2) is 5.78 Å². The highest BCUT2D eigenvalue weighted by molar-refractivity contribution is 6.08. The number of hydrogen-bond donors (Lipinski definition) is 1. The van der Waals surface area contributed by atoms with Crippen molar-refractivity contribution in [3.63, 3.8) is 0 Å². The molecule has 0 aliphatic rings. The van der Waals surface area contributed by atoms with Gasteiger partial charge in [-0.15, -0.1) is 0 Å². The molecule has 0 heterocycles. The zero-order valence-corrected chi connectivity index (χ0v) is 14.0. The molecule has 0 fully saturated rings. The lowest BCUT2D eigenvalue weighted by atomic mass is 9.82. The summed E-state index contributed by atoms with van der Waals surface area (Å²) >= 11 is 0. The fourth-order valence-electron chi connectivity index (χ4n) is 2.40. The molecule has 3 nitrogen and oxygen atoms in total. The largest absolute Gasteiger partial charge is 0.507 e. The standard InChI is InChI=1S/C20H22O3/c1-20(2,3)17-8-6-5-7-16(17)19(22)13-18(21)14-9-11-15(23-4)12-10-14/h5-13,21H,1-4H3. The number of allylic oxidation sites excluding steroid dienone is 1. The Morgan fingerprint density at radius 1 is 1.04 bits per heavy atom. The first-order chi connectivity index (χ1) is 10.8. The van der Waals surface area contributed by atoms with Gasteiger partial charge in [0.2, 0.25) is 0 Å². The smallest absolute Gasteiger partial charge is 0.189 e. The van der Waals surface area contributed by atoms with Gasteiger partial charge in [-0.05, 0) is 35.2 Å². The van der Waals surface area contributed by atoms with E-state index in [0.717, 1.165) is 5.56 Å². The lowest BCUT2D eigenvalue weighted by molar-refractivity contribution is 0.104. The Morgan fingerprint density at radius 3 is 2.22 bits per heavy atom. The third kappa shape index (κ3) is 4.01. The maximum Gasteiger partial charge on any atom is 0.189 e. The normalized spacial score (nSPS) is 12.1. The minimum Gasteiger partial charge on any atom is -0.507 e. The Hall–Kier alpha value is -2.55. The van der Waals surface area contributed by atoms with E-state index in [1.54, 1.807) is 37.4 Å². The van der Waals surface area contributed by atoms with Crippen LogP contribution in [0.5, 0.6) is 5.75 Å². The van der Waals surface area contributed by atoms with Gasteiger partial charge in [0.1, 0.15) is 11.5 Å². The molecule has 0 bridgehead atoms. The van der Waals surface area contributed by atoms with Crippen molar-refractivity contribution in [1.82, 2.24) is 0 Å². The second-order valence-electron chi connectivity index (χ2n) is 6.42. The van der Waals surface area contributed by atoms with Crippen LogP contribution >= 0.6 is 0 Å². The first kappa shape index (κ1) is 16.8. The summed E-state index contributed by atoms with van der Waals surface area (Å²) in [6, 6.07) is 14.4. The van der Waals surface area contributed by atoms with E-state index in [0.29, 0.717) is 16.9 Å². The van der Waals surface area contributed by atoms with Crippen LogP contribution in [0.25, 0.3) is 5.76 Å². The van der Waals surface area contributed by atoms with Crippen molar-refractivity contribution in [2.75, 3.05) is 7.11 Å². The summed E-state index contributed by atoms with van der Waals surface area (Å²) in [6.45, 7) is 6.18. The molecule has 0 saturated heterocycles. The number of carbonyl (C=O) groups excluding carboxylic acids is 1. The fraction of sp³-hybridized carbons (Fsp3) is 0.250. The molecule has 2 aromatic rings. The van der Waals surface area contributed by atoms with E-state index >= 15 is 0 Å². The number of aliphatic hydroxyl groups is 1. The molecule has 0 radical (unpaired) electrons. The van der Waals surface area contributed by atoms with Crippen LogP contribution in [0.15, 0.2) is 54.6 Å². The van der Waals surface area contributed by atoms with Crippen molar-refractivity contribution in [1.29, 1.82) is 0 Å². The summed E-state index contributed by atoms with van der Waals surface area (Å²) in [5.41, 5.74) is 2.01. The predicted octanol–water partition coefficient (Wildman–Crippen LogP) is 4.77. The molecule has 2 rings (SSSR count). The summed E-state index contributed by atoms with van der Waals surface area (Å²) in [7, 11) is 1.58. The fourth-order valence-corrected chi connectivity index (χ4v) is 2.40. The molecule has 23 heavy (non-hydrogen) atoms. The Kier molecular flexibility index (Phi) is 4.89. The minimum atomic E-state index is -0.205. The monoisotopic (exact) mass is 310 g/mol. The van der Waals surface area contributed by atoms with Crippen molar-refractivity contribution in [3.05, 3.63) is 71.3 Å². The maximum atomic E-state index is 12.6. The molecular formula is C20H22O3. The zero-order valence-electron chi connectivity index (χ0n) is 14.0. The molecule has 0 amide bonds. The van der Waals surface area contributed by atoms with Crippen molar-refractivity contribution in [2.24, 2.45) is 0 Å². The Morgan fingerprint density at radius 2 is 1.65 bits per heavy atom. The van der Waals surface area contributed by atoms with Crippen LogP contribution in [0.1, 0.15) is 42.3 Å². The molecule has 1 N–H and O–H groups in total. The Labute approximate surface area is 137 Å². The van der Waals surface area contributed by atoms with Crippen LogP contribution in [0, 0.1) is 0 Å². The molecule has 0 aliphatic carbocycles. The quantitative estimate of drug-likeness (QED) is 0.502. The molecule has 3 heteroatoms. The topological polar surface area (TPSA) is 46.5 Å². The van der Waals surface area contributed by atoms with Crippen LogP contribution in [-0.2, 0) is 5.41 Å². The van der Waals surface area contributed by atoms with Gasteiger partial charge in [0.05, 0.1) is 7.11 Å². The molecule has 0 unspecified atom stereocenters. The number of aliphatic hydroxyl groups excluding tert-OH is 1. The maximum absolute atomic E-state index is 12.6. The molecule has 120 valence electrons. The Balaban J connectivity index is 2.34. The number of carbonyl (C=O) groups is 1. The SMILES string of the molecule is COc1ccc(C(O)=CC(=O)c2ccccc2C(C)(C)C)cc1. The van der Waals surface area contributed by atoms with E-state index in [9.17, 15) is 9.90 Å². The second kappa shape index (κ2) is 6.69. The average Bonchev–Trinajstić information content (AvgIpc) is 2.54. The number of methoxy groups -OCH3 is 1. The van der Waals surface area contributed by atoms with Crippen molar-refractivity contribution >= 4 is 11.5 Å². The summed E-state index contributed by atoms with van der Waals surface area (Å²) < 4.78 is 5.08. The van der Waals surface area contributed by atoms with Gasteiger partial charge < -0.3 is 9.84 Å². The van der Waals surface area contributed by atoms with E-state index in [-0.39, 0.29) is 17.0 Å². The number of ether oxygens (including phenoxy) is 1. The third-order valence-corrected chi connectivity index (χ3v) is 3.65. The van der Waals surface area contributed by atoms with Crippen LogP contribution in [0.4, 0.5) is 0 Å². The first-order valence-corrected chi connectivity index (χ1v) is 7.52. The summed E-state index contributed by atoms with van der Waals surface area (Å²) in [5, 5.41) is 10.2. The Bertz CT molecular complexity index is 719. The molecule has 0 saturated carbocycles. The van der Waals surface area contributed by atoms with Crippen molar-refractivity contribution < 1.29 is 14.6 Å². The molecule has 0 aromatic heterocycles. The molecule has 0 aliphatic heterocycles. The predicted molar refractivity (Wildman–Crippen MR) is 93.1 cm³/mol. The molecule has 2 aromatic carbocycles. The highest BCUT2D eigenvalue weighted by atomic mass is 16.5. The van der Waals surface area contributed by atoms with E-state index in [1.807, 2.05) is 18.2 Å². The van der Waals surface area contributed by atoms with Crippen LogP contribution in [-0.4, -0.2) is 18.0 Å². The number of rotatable bonds is 4. The number of hydrogen-bond acceptors (Lipinski definition) is 3. The second-order valence-corrected chi connectivity index (χ2v) is 6.42.